The Morgan fingerprint density at radius 3 is 2.74 bits per heavy atom. The van der Waals surface area contributed by atoms with Crippen LogP contribution in [0, 0.1) is 11.3 Å². The number of nitrogens with zero attached hydrogens (tertiary/aromatic N) is 3. The zero-order valence-electron chi connectivity index (χ0n) is 15.0. The molecular weight excluding hydrogens is 382 g/mol. The SMILES string of the molecule is N#Cc1cc2c(nc1SCc1ccc(S(=O)(=O)N3CCCC3)o1)CCCC2. The third kappa shape index (κ3) is 3.77. The minimum atomic E-state index is -3.54. The van der Waals surface area contributed by atoms with Crippen LogP contribution in [-0.2, 0) is 28.6 Å². The Kier molecular flexibility index (Phi) is 5.26. The molecule has 0 atom stereocenters. The lowest BCUT2D eigenvalue weighted by molar-refractivity contribution is 0.397. The van der Waals surface area contributed by atoms with Crippen molar-refractivity contribution in [1.29, 1.82) is 5.26 Å². The maximum Gasteiger partial charge on any atom is 0.276 e. The highest BCUT2D eigenvalue weighted by molar-refractivity contribution is 7.98. The fraction of sp³-hybridized carbons (Fsp3) is 0.474. The molecule has 0 radical (unpaired) electrons. The van der Waals surface area contributed by atoms with Crippen LogP contribution >= 0.6 is 11.8 Å². The number of fused-ring (bicyclic) bond motifs is 1. The van der Waals surface area contributed by atoms with Crippen molar-refractivity contribution in [3.63, 3.8) is 0 Å². The van der Waals surface area contributed by atoms with Crippen molar-refractivity contribution >= 4 is 21.8 Å². The average Bonchev–Trinajstić information content (AvgIpc) is 3.38. The van der Waals surface area contributed by atoms with Crippen LogP contribution in [0.3, 0.4) is 0 Å². The van der Waals surface area contributed by atoms with Crippen LogP contribution in [0.5, 0.6) is 0 Å². The summed E-state index contributed by atoms with van der Waals surface area (Å²) in [5.74, 6) is 1.01. The number of furan rings is 1. The molecule has 142 valence electrons. The maximum absolute atomic E-state index is 12.6. The number of hydrogen-bond donors (Lipinski definition) is 0. The molecule has 6 nitrogen and oxygen atoms in total. The van der Waals surface area contributed by atoms with E-state index in [1.807, 2.05) is 6.07 Å². The second-order valence-corrected chi connectivity index (χ2v) is 9.72. The molecule has 0 aromatic carbocycles. The van der Waals surface area contributed by atoms with Gasteiger partial charge in [0.25, 0.3) is 10.0 Å². The van der Waals surface area contributed by atoms with Gasteiger partial charge in [0.1, 0.15) is 16.9 Å². The first kappa shape index (κ1) is 18.5. The third-order valence-electron chi connectivity index (χ3n) is 5.03. The molecule has 1 saturated heterocycles. The Bertz CT molecular complexity index is 986. The van der Waals surface area contributed by atoms with E-state index in [1.165, 1.54) is 27.7 Å². The normalized spacial score (nSPS) is 17.6. The van der Waals surface area contributed by atoms with Gasteiger partial charge in [-0.3, -0.25) is 0 Å². The summed E-state index contributed by atoms with van der Waals surface area (Å²) >= 11 is 1.42. The third-order valence-corrected chi connectivity index (χ3v) is 7.82. The molecule has 1 aliphatic heterocycles. The van der Waals surface area contributed by atoms with Crippen LogP contribution in [-0.4, -0.2) is 30.8 Å². The summed E-state index contributed by atoms with van der Waals surface area (Å²) in [4.78, 5) is 4.69. The van der Waals surface area contributed by atoms with Crippen molar-refractivity contribution < 1.29 is 12.8 Å². The first-order valence-electron chi connectivity index (χ1n) is 9.22. The first-order chi connectivity index (χ1) is 13.1. The van der Waals surface area contributed by atoms with E-state index in [9.17, 15) is 13.7 Å². The summed E-state index contributed by atoms with van der Waals surface area (Å²) in [5.41, 5.74) is 2.84. The quantitative estimate of drug-likeness (QED) is 0.710. The van der Waals surface area contributed by atoms with Gasteiger partial charge in [-0.2, -0.15) is 9.57 Å². The summed E-state index contributed by atoms with van der Waals surface area (Å²) in [5, 5.41) is 10.1. The predicted octanol–water partition coefficient (Wildman–Crippen LogP) is 3.50. The Balaban J connectivity index is 1.50. The first-order valence-corrected chi connectivity index (χ1v) is 11.6. The van der Waals surface area contributed by atoms with E-state index in [0.29, 0.717) is 35.2 Å². The fourth-order valence-corrected chi connectivity index (χ4v) is 5.89. The van der Waals surface area contributed by atoms with Gasteiger partial charge >= 0.3 is 0 Å². The van der Waals surface area contributed by atoms with Crippen LogP contribution in [0.25, 0.3) is 0 Å². The van der Waals surface area contributed by atoms with Gasteiger partial charge in [-0.05, 0) is 62.3 Å². The lowest BCUT2D eigenvalue weighted by atomic mass is 9.95. The molecule has 2 aromatic rings. The monoisotopic (exact) mass is 403 g/mol. The number of hydrogen-bond acceptors (Lipinski definition) is 6. The summed E-state index contributed by atoms with van der Waals surface area (Å²) < 4.78 is 32.2. The van der Waals surface area contributed by atoms with Crippen molar-refractivity contribution in [2.45, 2.75) is 54.4 Å². The van der Waals surface area contributed by atoms with E-state index in [4.69, 9.17) is 9.40 Å². The number of sulfonamides is 1. The van der Waals surface area contributed by atoms with Crippen molar-refractivity contribution in [2.24, 2.45) is 0 Å². The summed E-state index contributed by atoms with van der Waals surface area (Å²) in [7, 11) is -3.54. The molecule has 3 heterocycles. The topological polar surface area (TPSA) is 87.2 Å². The average molecular weight is 404 g/mol. The van der Waals surface area contributed by atoms with Gasteiger partial charge in [0, 0.05) is 18.8 Å². The lowest BCUT2D eigenvalue weighted by Gasteiger charge is -2.16. The molecule has 4 rings (SSSR count). The zero-order valence-corrected chi connectivity index (χ0v) is 16.6. The molecule has 0 N–H and O–H groups in total. The number of aromatic nitrogens is 1. The molecule has 0 amide bonds. The number of nitriles is 1. The van der Waals surface area contributed by atoms with E-state index in [-0.39, 0.29) is 5.09 Å². The zero-order chi connectivity index (χ0) is 18.9. The molecule has 0 saturated carbocycles. The molecule has 1 fully saturated rings. The lowest BCUT2D eigenvalue weighted by Crippen LogP contribution is -2.27. The van der Waals surface area contributed by atoms with Crippen LogP contribution < -0.4 is 0 Å². The highest BCUT2D eigenvalue weighted by Crippen LogP contribution is 2.30. The molecule has 2 aliphatic rings. The van der Waals surface area contributed by atoms with Gasteiger partial charge in [0.15, 0.2) is 0 Å². The Labute approximate surface area is 163 Å². The minimum Gasteiger partial charge on any atom is -0.447 e. The molecule has 27 heavy (non-hydrogen) atoms. The number of thioether (sulfide) groups is 1. The Morgan fingerprint density at radius 2 is 1.96 bits per heavy atom. The van der Waals surface area contributed by atoms with Gasteiger partial charge in [0.2, 0.25) is 5.09 Å². The van der Waals surface area contributed by atoms with Gasteiger partial charge < -0.3 is 4.42 Å². The van der Waals surface area contributed by atoms with E-state index in [0.717, 1.165) is 44.2 Å². The second-order valence-electron chi connectivity index (χ2n) is 6.89. The minimum absolute atomic E-state index is 0.00101. The Morgan fingerprint density at radius 1 is 1.19 bits per heavy atom. The Hall–Kier alpha value is -1.82. The fourth-order valence-electron chi connectivity index (χ4n) is 3.57. The number of aryl methyl sites for hydroxylation is 2. The van der Waals surface area contributed by atoms with Crippen molar-refractivity contribution in [3.05, 3.63) is 40.8 Å². The van der Waals surface area contributed by atoms with Gasteiger partial charge in [0.05, 0.1) is 11.3 Å². The highest BCUT2D eigenvalue weighted by atomic mass is 32.2. The highest BCUT2D eigenvalue weighted by Gasteiger charge is 2.30. The molecule has 2 aromatic heterocycles. The molecule has 1 aliphatic carbocycles. The van der Waals surface area contributed by atoms with E-state index < -0.39 is 10.0 Å². The van der Waals surface area contributed by atoms with Crippen molar-refractivity contribution in [2.75, 3.05) is 13.1 Å². The molecular formula is C19H21N3O3S2. The summed E-state index contributed by atoms with van der Waals surface area (Å²) in [6, 6.07) is 7.40. The predicted molar refractivity (Wildman–Crippen MR) is 102 cm³/mol. The van der Waals surface area contributed by atoms with Crippen LogP contribution in [0.1, 0.15) is 48.3 Å². The van der Waals surface area contributed by atoms with E-state index in [1.54, 1.807) is 6.07 Å². The molecule has 0 spiro atoms. The van der Waals surface area contributed by atoms with Gasteiger partial charge in [-0.15, -0.1) is 0 Å². The van der Waals surface area contributed by atoms with Gasteiger partial charge in [-0.1, -0.05) is 11.8 Å². The van der Waals surface area contributed by atoms with Crippen molar-refractivity contribution in [3.8, 4) is 6.07 Å². The van der Waals surface area contributed by atoms with Gasteiger partial charge in [-0.25, -0.2) is 13.4 Å². The molecule has 8 heteroatoms. The van der Waals surface area contributed by atoms with E-state index >= 15 is 0 Å². The second kappa shape index (κ2) is 7.66. The van der Waals surface area contributed by atoms with E-state index in [2.05, 4.69) is 6.07 Å². The number of pyridine rings is 1. The van der Waals surface area contributed by atoms with Crippen LogP contribution in [0.2, 0.25) is 0 Å². The van der Waals surface area contributed by atoms with Crippen LogP contribution in [0.4, 0.5) is 0 Å². The smallest absolute Gasteiger partial charge is 0.276 e. The van der Waals surface area contributed by atoms with Crippen molar-refractivity contribution in [1.82, 2.24) is 9.29 Å². The van der Waals surface area contributed by atoms with Crippen LogP contribution in [0.15, 0.2) is 32.7 Å². The molecule has 0 unspecified atom stereocenters. The number of rotatable bonds is 5. The summed E-state index contributed by atoms with van der Waals surface area (Å²) in [6.07, 6.45) is 6.00. The molecule has 0 bridgehead atoms. The summed E-state index contributed by atoms with van der Waals surface area (Å²) in [6.45, 7) is 1.11. The maximum atomic E-state index is 12.6. The largest absolute Gasteiger partial charge is 0.447 e. The standard InChI is InChI=1S/C19H21N3O3S2/c20-12-15-11-14-5-1-2-6-17(14)21-19(15)26-13-16-7-8-18(25-16)27(23,24)22-9-3-4-10-22/h7-8,11H,1-6,9-10,13H2.